The Bertz CT molecular complexity index is 556. The maximum atomic E-state index is 11.7. The number of nitrogens with one attached hydrogen (secondary N) is 2. The number of hydrogen-bond donors (Lipinski definition) is 2. The van der Waals surface area contributed by atoms with Crippen molar-refractivity contribution in [1.29, 1.82) is 0 Å². The lowest BCUT2D eigenvalue weighted by Crippen LogP contribution is -2.42. The molecule has 2 rings (SSSR count). The Morgan fingerprint density at radius 3 is 2.15 bits per heavy atom. The minimum absolute atomic E-state index is 0.171. The fourth-order valence-corrected chi connectivity index (χ4v) is 1.76. The van der Waals surface area contributed by atoms with E-state index in [0.29, 0.717) is 0 Å². The molecule has 0 aromatic heterocycles. The highest BCUT2D eigenvalue weighted by Gasteiger charge is 2.38. The van der Waals surface area contributed by atoms with Crippen LogP contribution >= 0.6 is 0 Å². The van der Waals surface area contributed by atoms with E-state index in [-0.39, 0.29) is 5.57 Å². The van der Waals surface area contributed by atoms with E-state index in [9.17, 15) is 9.59 Å². The summed E-state index contributed by atoms with van der Waals surface area (Å²) in [4.78, 5) is 23.5. The van der Waals surface area contributed by atoms with Crippen LogP contribution in [-0.4, -0.2) is 24.8 Å². The second-order valence-corrected chi connectivity index (χ2v) is 4.68. The van der Waals surface area contributed by atoms with Gasteiger partial charge in [0.1, 0.15) is 0 Å². The van der Waals surface area contributed by atoms with Crippen molar-refractivity contribution in [2.75, 3.05) is 17.7 Å². The third kappa shape index (κ3) is 2.90. The van der Waals surface area contributed by atoms with Crippen molar-refractivity contribution < 1.29 is 19.1 Å². The predicted molar refractivity (Wildman–Crippen MR) is 74.0 cm³/mol. The average molecular weight is 276 g/mol. The van der Waals surface area contributed by atoms with E-state index in [4.69, 9.17) is 9.47 Å². The normalized spacial score (nSPS) is 17.1. The van der Waals surface area contributed by atoms with Crippen LogP contribution in [0.4, 0.5) is 11.4 Å². The number of benzene rings is 1. The van der Waals surface area contributed by atoms with Crippen LogP contribution in [0.1, 0.15) is 13.8 Å². The molecule has 1 aromatic rings. The van der Waals surface area contributed by atoms with Crippen LogP contribution in [0.25, 0.3) is 0 Å². The first-order chi connectivity index (χ1) is 9.43. The first-order valence-corrected chi connectivity index (χ1v) is 6.13. The lowest BCUT2D eigenvalue weighted by Gasteiger charge is -2.29. The molecule has 1 heterocycles. The number of esters is 2. The molecule has 1 saturated heterocycles. The van der Waals surface area contributed by atoms with E-state index in [1.165, 1.54) is 20.0 Å². The maximum absolute atomic E-state index is 11.7. The number of carbonyl (C=O) groups is 2. The van der Waals surface area contributed by atoms with Crippen LogP contribution < -0.4 is 10.6 Å². The number of carbonyl (C=O) groups excluding carboxylic acids is 2. The molecule has 6 nitrogen and oxygen atoms in total. The highest BCUT2D eigenvalue weighted by molar-refractivity contribution is 6.15. The molecule has 0 spiro atoms. The van der Waals surface area contributed by atoms with Gasteiger partial charge in [0.25, 0.3) is 5.79 Å². The SMILES string of the molecule is CNc1ccccc1NC=C1C(=O)OC(C)(C)OC1=O. The molecule has 0 unspecified atom stereocenters. The zero-order chi connectivity index (χ0) is 14.8. The van der Waals surface area contributed by atoms with E-state index in [1.54, 1.807) is 7.05 Å². The van der Waals surface area contributed by atoms with Gasteiger partial charge in [-0.3, -0.25) is 0 Å². The molecule has 1 fully saturated rings. The summed E-state index contributed by atoms with van der Waals surface area (Å²) in [6, 6.07) is 7.38. The summed E-state index contributed by atoms with van der Waals surface area (Å²) >= 11 is 0. The van der Waals surface area contributed by atoms with Gasteiger partial charge in [0.15, 0.2) is 5.57 Å². The second-order valence-electron chi connectivity index (χ2n) is 4.68. The zero-order valence-electron chi connectivity index (χ0n) is 11.5. The number of para-hydroxylation sites is 2. The molecule has 1 aliphatic heterocycles. The highest BCUT2D eigenvalue weighted by Crippen LogP contribution is 2.24. The largest absolute Gasteiger partial charge is 0.419 e. The van der Waals surface area contributed by atoms with E-state index >= 15 is 0 Å². The van der Waals surface area contributed by atoms with Gasteiger partial charge in [-0.2, -0.15) is 0 Å². The molecule has 20 heavy (non-hydrogen) atoms. The van der Waals surface area contributed by atoms with Crippen molar-refractivity contribution in [1.82, 2.24) is 0 Å². The standard InChI is InChI=1S/C14H16N2O4/c1-14(2)19-12(17)9(13(18)20-14)8-16-11-7-5-4-6-10(11)15-3/h4-8,15-16H,1-3H3. The fraction of sp³-hybridized carbons (Fsp3) is 0.286. The van der Waals surface area contributed by atoms with Crippen LogP contribution in [0, 0.1) is 0 Å². The van der Waals surface area contributed by atoms with Crippen LogP contribution in [0.15, 0.2) is 36.0 Å². The average Bonchev–Trinajstić information content (AvgIpc) is 2.36. The molecule has 0 atom stereocenters. The van der Waals surface area contributed by atoms with Gasteiger partial charge >= 0.3 is 11.9 Å². The van der Waals surface area contributed by atoms with Gasteiger partial charge in [0.05, 0.1) is 11.4 Å². The lowest BCUT2D eigenvalue weighted by molar-refractivity contribution is -0.222. The molecule has 0 aliphatic carbocycles. The van der Waals surface area contributed by atoms with Crippen LogP contribution in [-0.2, 0) is 19.1 Å². The van der Waals surface area contributed by atoms with Crippen molar-refractivity contribution in [3.63, 3.8) is 0 Å². The van der Waals surface area contributed by atoms with Gasteiger partial charge in [-0.25, -0.2) is 9.59 Å². The fourth-order valence-electron chi connectivity index (χ4n) is 1.76. The molecule has 0 saturated carbocycles. The van der Waals surface area contributed by atoms with E-state index < -0.39 is 17.7 Å². The molecule has 1 aliphatic rings. The molecule has 1 aromatic carbocycles. The first kappa shape index (κ1) is 13.9. The van der Waals surface area contributed by atoms with Crippen LogP contribution in [0.3, 0.4) is 0 Å². The van der Waals surface area contributed by atoms with Gasteiger partial charge in [-0.1, -0.05) is 12.1 Å². The van der Waals surface area contributed by atoms with Crippen molar-refractivity contribution in [3.05, 3.63) is 36.0 Å². The number of hydrogen-bond acceptors (Lipinski definition) is 6. The second kappa shape index (κ2) is 5.24. The molecule has 2 N–H and O–H groups in total. The van der Waals surface area contributed by atoms with Gasteiger partial charge in [-0.05, 0) is 12.1 Å². The molecular weight excluding hydrogens is 260 g/mol. The topological polar surface area (TPSA) is 76.7 Å². The summed E-state index contributed by atoms with van der Waals surface area (Å²) in [5.74, 6) is -2.64. The summed E-state index contributed by atoms with van der Waals surface area (Å²) in [7, 11) is 1.78. The van der Waals surface area contributed by atoms with Crippen molar-refractivity contribution in [3.8, 4) is 0 Å². The van der Waals surface area contributed by atoms with Crippen LogP contribution in [0.2, 0.25) is 0 Å². The summed E-state index contributed by atoms with van der Waals surface area (Å²) in [5, 5.41) is 5.89. The van der Waals surface area contributed by atoms with Crippen molar-refractivity contribution >= 4 is 23.3 Å². The van der Waals surface area contributed by atoms with Gasteiger partial charge in [0.2, 0.25) is 0 Å². The Morgan fingerprint density at radius 1 is 1.05 bits per heavy atom. The van der Waals surface area contributed by atoms with Crippen LogP contribution in [0.5, 0.6) is 0 Å². The number of rotatable bonds is 3. The Morgan fingerprint density at radius 2 is 1.60 bits per heavy atom. The molecular formula is C14H16N2O4. The third-order valence-electron chi connectivity index (χ3n) is 2.69. The Balaban J connectivity index is 2.19. The number of cyclic esters (lactones) is 2. The minimum atomic E-state index is -1.23. The van der Waals surface area contributed by atoms with Gasteiger partial charge < -0.3 is 20.1 Å². The Labute approximate surface area is 116 Å². The quantitative estimate of drug-likeness (QED) is 0.498. The summed E-state index contributed by atoms with van der Waals surface area (Å²) < 4.78 is 9.99. The van der Waals surface area contributed by atoms with E-state index in [2.05, 4.69) is 10.6 Å². The highest BCUT2D eigenvalue weighted by atomic mass is 16.7. The number of anilines is 2. The molecule has 0 bridgehead atoms. The van der Waals surface area contributed by atoms with E-state index in [0.717, 1.165) is 11.4 Å². The summed E-state index contributed by atoms with van der Waals surface area (Å²) in [5.41, 5.74) is 1.39. The smallest absolute Gasteiger partial charge is 0.350 e. The molecule has 106 valence electrons. The summed E-state index contributed by atoms with van der Waals surface area (Å²) in [6.45, 7) is 3.01. The van der Waals surface area contributed by atoms with E-state index in [1.807, 2.05) is 24.3 Å². The summed E-state index contributed by atoms with van der Waals surface area (Å²) in [6.07, 6.45) is 1.29. The zero-order valence-corrected chi connectivity index (χ0v) is 11.5. The lowest BCUT2D eigenvalue weighted by atomic mass is 10.2. The number of ether oxygens (including phenoxy) is 2. The van der Waals surface area contributed by atoms with Gasteiger partial charge in [0, 0.05) is 27.1 Å². The van der Waals surface area contributed by atoms with Crippen molar-refractivity contribution in [2.45, 2.75) is 19.6 Å². The molecule has 0 radical (unpaired) electrons. The monoisotopic (exact) mass is 276 g/mol. The van der Waals surface area contributed by atoms with Crippen molar-refractivity contribution in [2.24, 2.45) is 0 Å². The predicted octanol–water partition coefficient (Wildman–Crippen LogP) is 1.86. The molecule has 0 amide bonds. The molecule has 6 heteroatoms. The minimum Gasteiger partial charge on any atom is -0.419 e. The Kier molecular flexibility index (Phi) is 3.65. The Hall–Kier alpha value is -2.50. The third-order valence-corrected chi connectivity index (χ3v) is 2.69. The van der Waals surface area contributed by atoms with Gasteiger partial charge in [-0.15, -0.1) is 0 Å². The first-order valence-electron chi connectivity index (χ1n) is 6.13. The maximum Gasteiger partial charge on any atom is 0.350 e.